The number of aromatic amines is 1. The maximum absolute atomic E-state index is 12.3. The number of phenols is 1. The second-order valence-electron chi connectivity index (χ2n) is 6.74. The Hall–Kier alpha value is -3.58. The fraction of sp³-hybridized carbons (Fsp3) is 0.0870. The smallest absolute Gasteiger partial charge is 0.271 e. The van der Waals surface area contributed by atoms with Gasteiger partial charge in [-0.1, -0.05) is 48.2 Å². The van der Waals surface area contributed by atoms with E-state index >= 15 is 0 Å². The quantitative estimate of drug-likeness (QED) is 0.243. The number of phenolic OH excluding ortho intramolecular Hbond substituents is 1. The van der Waals surface area contributed by atoms with Gasteiger partial charge >= 0.3 is 0 Å². The van der Waals surface area contributed by atoms with E-state index in [4.69, 9.17) is 0 Å². The van der Waals surface area contributed by atoms with Crippen molar-refractivity contribution in [3.63, 3.8) is 0 Å². The molecule has 1 aromatic heterocycles. The van der Waals surface area contributed by atoms with E-state index in [1.165, 1.54) is 11.6 Å². The van der Waals surface area contributed by atoms with Crippen LogP contribution in [-0.2, 0) is 5.75 Å². The maximum atomic E-state index is 12.3. The van der Waals surface area contributed by atoms with Crippen molar-refractivity contribution in [3.8, 4) is 5.75 Å². The van der Waals surface area contributed by atoms with Gasteiger partial charge in [0, 0.05) is 29.3 Å². The average molecular weight is 417 g/mol. The zero-order valence-electron chi connectivity index (χ0n) is 16.3. The lowest BCUT2D eigenvalue weighted by Crippen LogP contribution is -2.17. The van der Waals surface area contributed by atoms with Gasteiger partial charge in [0.1, 0.15) is 5.75 Å². The molecule has 0 saturated carbocycles. The van der Waals surface area contributed by atoms with E-state index in [0.717, 1.165) is 27.2 Å². The molecule has 0 aliphatic rings. The minimum absolute atomic E-state index is 0.159. The van der Waals surface area contributed by atoms with Gasteiger partial charge in [-0.05, 0) is 47.0 Å². The maximum Gasteiger partial charge on any atom is 0.271 e. The molecule has 4 aromatic rings. The van der Waals surface area contributed by atoms with Crippen molar-refractivity contribution in [3.05, 3.63) is 89.2 Å². The van der Waals surface area contributed by atoms with Crippen LogP contribution in [0.5, 0.6) is 5.75 Å². The normalized spacial score (nSPS) is 11.2. The number of fused-ring (bicyclic) bond motifs is 1. The first-order valence-electron chi connectivity index (χ1n) is 9.37. The number of aromatic nitrogens is 2. The van der Waals surface area contributed by atoms with E-state index in [2.05, 4.69) is 32.6 Å². The summed E-state index contributed by atoms with van der Waals surface area (Å²) < 4.78 is 0. The molecule has 7 heteroatoms. The van der Waals surface area contributed by atoms with Crippen molar-refractivity contribution in [1.29, 1.82) is 0 Å². The Labute approximate surface area is 178 Å². The molecule has 4 rings (SSSR count). The molecule has 3 N–H and O–H groups in total. The number of aryl methyl sites for hydroxylation is 1. The number of imidazole rings is 1. The summed E-state index contributed by atoms with van der Waals surface area (Å²) in [7, 11) is 0. The number of hydrazone groups is 1. The Bertz CT molecular complexity index is 1220. The van der Waals surface area contributed by atoms with Crippen molar-refractivity contribution >= 4 is 34.7 Å². The molecule has 0 bridgehead atoms. The molecule has 150 valence electrons. The molecular formula is C23H20N4O2S. The van der Waals surface area contributed by atoms with Gasteiger partial charge in [0.05, 0.1) is 6.21 Å². The summed E-state index contributed by atoms with van der Waals surface area (Å²) >= 11 is 1.65. The van der Waals surface area contributed by atoms with E-state index in [0.29, 0.717) is 11.1 Å². The summed E-state index contributed by atoms with van der Waals surface area (Å²) in [5.74, 6) is 0.625. The summed E-state index contributed by atoms with van der Waals surface area (Å²) in [6, 6.07) is 16.9. The molecule has 0 saturated heterocycles. The third kappa shape index (κ3) is 4.36. The largest absolute Gasteiger partial charge is 0.508 e. The van der Waals surface area contributed by atoms with E-state index in [-0.39, 0.29) is 11.7 Å². The number of carbonyl (C=O) groups excluding carboxylic acids is 1. The summed E-state index contributed by atoms with van der Waals surface area (Å²) in [5.41, 5.74) is 5.75. The van der Waals surface area contributed by atoms with Crippen LogP contribution in [0, 0.1) is 6.92 Å². The molecule has 0 aliphatic carbocycles. The lowest BCUT2D eigenvalue weighted by molar-refractivity contribution is 0.0955. The number of rotatable bonds is 6. The van der Waals surface area contributed by atoms with Gasteiger partial charge in [0.2, 0.25) is 0 Å². The topological polar surface area (TPSA) is 90.4 Å². The fourth-order valence-corrected chi connectivity index (χ4v) is 3.95. The highest BCUT2D eigenvalue weighted by Crippen LogP contribution is 2.27. The molecule has 1 amide bonds. The predicted molar refractivity (Wildman–Crippen MR) is 120 cm³/mol. The number of nitrogens with one attached hydrogen (secondary N) is 2. The first kappa shape index (κ1) is 19.7. The molecule has 0 fully saturated rings. The fourth-order valence-electron chi connectivity index (χ4n) is 3.12. The SMILES string of the molecule is Cc1cc(C(=O)N/N=C/c2ccc(CSc3ncc[nH]3)c3ccccc23)ccc1O. The van der Waals surface area contributed by atoms with Crippen LogP contribution < -0.4 is 5.43 Å². The van der Waals surface area contributed by atoms with Crippen LogP contribution in [-0.4, -0.2) is 27.2 Å². The molecule has 0 unspecified atom stereocenters. The van der Waals surface area contributed by atoms with Crippen LogP contribution in [0.2, 0.25) is 0 Å². The van der Waals surface area contributed by atoms with Crippen LogP contribution >= 0.6 is 11.8 Å². The van der Waals surface area contributed by atoms with Crippen molar-refractivity contribution < 1.29 is 9.90 Å². The van der Waals surface area contributed by atoms with Crippen molar-refractivity contribution in [2.45, 2.75) is 17.8 Å². The minimum Gasteiger partial charge on any atom is -0.508 e. The molecule has 0 atom stereocenters. The van der Waals surface area contributed by atoms with Gasteiger partial charge in [0.25, 0.3) is 5.91 Å². The Morgan fingerprint density at radius 2 is 2.03 bits per heavy atom. The van der Waals surface area contributed by atoms with Crippen LogP contribution in [0.1, 0.15) is 27.0 Å². The van der Waals surface area contributed by atoms with Gasteiger partial charge in [-0.2, -0.15) is 5.10 Å². The second-order valence-corrected chi connectivity index (χ2v) is 7.71. The summed E-state index contributed by atoms with van der Waals surface area (Å²) in [5, 5.41) is 16.8. The lowest BCUT2D eigenvalue weighted by atomic mass is 10.0. The van der Waals surface area contributed by atoms with Crippen LogP contribution in [0.15, 0.2) is 77.2 Å². The molecule has 3 aromatic carbocycles. The molecule has 0 radical (unpaired) electrons. The van der Waals surface area contributed by atoms with Crippen LogP contribution in [0.25, 0.3) is 10.8 Å². The summed E-state index contributed by atoms with van der Waals surface area (Å²) in [4.78, 5) is 19.7. The number of aromatic hydroxyl groups is 1. The number of amides is 1. The predicted octanol–water partition coefficient (Wildman–Crippen LogP) is 4.63. The zero-order valence-corrected chi connectivity index (χ0v) is 17.1. The number of hydrogen-bond acceptors (Lipinski definition) is 5. The summed E-state index contributed by atoms with van der Waals surface area (Å²) in [6.07, 6.45) is 5.21. The Morgan fingerprint density at radius 1 is 1.20 bits per heavy atom. The molecule has 0 spiro atoms. The molecule has 1 heterocycles. The Kier molecular flexibility index (Phi) is 5.81. The molecule has 6 nitrogen and oxygen atoms in total. The first-order chi connectivity index (χ1) is 14.6. The van der Waals surface area contributed by atoms with E-state index in [1.54, 1.807) is 43.2 Å². The number of benzene rings is 3. The van der Waals surface area contributed by atoms with Gasteiger partial charge in [-0.25, -0.2) is 10.4 Å². The van der Waals surface area contributed by atoms with Crippen LogP contribution in [0.4, 0.5) is 0 Å². The average Bonchev–Trinajstić information content (AvgIpc) is 3.28. The van der Waals surface area contributed by atoms with E-state index in [9.17, 15) is 9.90 Å². The molecular weight excluding hydrogens is 396 g/mol. The van der Waals surface area contributed by atoms with Crippen molar-refractivity contribution in [1.82, 2.24) is 15.4 Å². The van der Waals surface area contributed by atoms with Crippen molar-refractivity contribution in [2.75, 3.05) is 0 Å². The number of H-pyrrole nitrogens is 1. The Balaban J connectivity index is 1.52. The second kappa shape index (κ2) is 8.84. The van der Waals surface area contributed by atoms with Gasteiger partial charge in [0.15, 0.2) is 5.16 Å². The zero-order chi connectivity index (χ0) is 20.9. The highest BCUT2D eigenvalue weighted by atomic mass is 32.2. The Morgan fingerprint density at radius 3 is 2.80 bits per heavy atom. The van der Waals surface area contributed by atoms with Crippen molar-refractivity contribution in [2.24, 2.45) is 5.10 Å². The van der Waals surface area contributed by atoms with Gasteiger partial charge in [-0.3, -0.25) is 4.79 Å². The highest BCUT2D eigenvalue weighted by molar-refractivity contribution is 7.98. The third-order valence-corrected chi connectivity index (χ3v) is 5.67. The summed E-state index contributed by atoms with van der Waals surface area (Å²) in [6.45, 7) is 1.74. The van der Waals surface area contributed by atoms with Crippen LogP contribution in [0.3, 0.4) is 0 Å². The van der Waals surface area contributed by atoms with E-state index in [1.807, 2.05) is 30.5 Å². The number of carbonyl (C=O) groups is 1. The number of nitrogens with zero attached hydrogens (tertiary/aromatic N) is 2. The monoisotopic (exact) mass is 416 g/mol. The minimum atomic E-state index is -0.329. The number of hydrogen-bond donors (Lipinski definition) is 3. The molecule has 0 aliphatic heterocycles. The lowest BCUT2D eigenvalue weighted by Gasteiger charge is -2.08. The first-order valence-corrected chi connectivity index (χ1v) is 10.4. The van der Waals surface area contributed by atoms with Gasteiger partial charge in [-0.15, -0.1) is 0 Å². The standard InChI is InChI=1S/C23H20N4O2S/c1-15-12-16(8-9-21(15)28)22(29)27-26-13-17-6-7-18(14-30-23-24-10-11-25-23)20-5-3-2-4-19(17)20/h2-13,28H,14H2,1H3,(H,24,25)(H,27,29)/b26-13+. The molecule has 30 heavy (non-hydrogen) atoms. The third-order valence-electron chi connectivity index (χ3n) is 4.71. The highest BCUT2D eigenvalue weighted by Gasteiger charge is 2.08. The number of thioether (sulfide) groups is 1. The van der Waals surface area contributed by atoms with Gasteiger partial charge < -0.3 is 10.1 Å². The van der Waals surface area contributed by atoms with E-state index < -0.39 is 0 Å².